The number of hydrogen-bond donors (Lipinski definition) is 2. The van der Waals surface area contributed by atoms with Crippen molar-refractivity contribution in [2.24, 2.45) is 11.5 Å². The number of carbonyl (C=O) groups is 2. The summed E-state index contributed by atoms with van der Waals surface area (Å²) in [4.78, 5) is 24.3. The van der Waals surface area contributed by atoms with Gasteiger partial charge in [0.15, 0.2) is 0 Å². The molecule has 0 saturated heterocycles. The summed E-state index contributed by atoms with van der Waals surface area (Å²) >= 11 is 6.09. The van der Waals surface area contributed by atoms with Crippen molar-refractivity contribution in [1.29, 1.82) is 0 Å². The molecule has 0 spiro atoms. The van der Waals surface area contributed by atoms with Gasteiger partial charge in [-0.25, -0.2) is 0 Å². The third kappa shape index (κ3) is 3.94. The van der Waals surface area contributed by atoms with E-state index < -0.39 is 11.9 Å². The average Bonchev–Trinajstić information content (AvgIpc) is 2.36. The van der Waals surface area contributed by atoms with Crippen molar-refractivity contribution < 1.29 is 9.59 Å². The molecule has 2 unspecified atom stereocenters. The van der Waals surface area contributed by atoms with Gasteiger partial charge >= 0.3 is 0 Å². The Morgan fingerprint density at radius 1 is 1.37 bits per heavy atom. The summed E-state index contributed by atoms with van der Waals surface area (Å²) in [5, 5.41) is 0.582. The van der Waals surface area contributed by atoms with Gasteiger partial charge in [-0.3, -0.25) is 9.59 Å². The van der Waals surface area contributed by atoms with Gasteiger partial charge in [-0.1, -0.05) is 29.8 Å². The van der Waals surface area contributed by atoms with Gasteiger partial charge in [0.2, 0.25) is 11.8 Å². The molecule has 0 aliphatic heterocycles. The van der Waals surface area contributed by atoms with Crippen LogP contribution in [0, 0.1) is 0 Å². The van der Waals surface area contributed by atoms with Crippen molar-refractivity contribution in [2.45, 2.75) is 25.4 Å². The summed E-state index contributed by atoms with van der Waals surface area (Å²) in [6.07, 6.45) is -0.168. The van der Waals surface area contributed by atoms with E-state index in [1.807, 2.05) is 25.1 Å². The first kappa shape index (κ1) is 15.5. The molecule has 0 heterocycles. The summed E-state index contributed by atoms with van der Waals surface area (Å²) in [5.41, 5.74) is 11.5. The standard InChI is InChI=1S/C13H18ClN3O2/c1-8(9-5-3-4-6-10(9)14)17(2)13(19)11(15)7-12(16)18/h3-6,8,11H,7,15H2,1-2H3,(H2,16,18). The zero-order valence-electron chi connectivity index (χ0n) is 11.0. The Kier molecular flexibility index (Phi) is 5.32. The van der Waals surface area contributed by atoms with Crippen molar-refractivity contribution in [2.75, 3.05) is 7.05 Å². The van der Waals surface area contributed by atoms with Crippen LogP contribution in [-0.4, -0.2) is 29.8 Å². The fourth-order valence-electron chi connectivity index (χ4n) is 1.78. The van der Waals surface area contributed by atoms with Gasteiger partial charge in [0.05, 0.1) is 18.5 Å². The number of hydrogen-bond acceptors (Lipinski definition) is 3. The predicted octanol–water partition coefficient (Wildman–Crippen LogP) is 1.06. The third-order valence-corrected chi connectivity index (χ3v) is 3.37. The van der Waals surface area contributed by atoms with E-state index >= 15 is 0 Å². The highest BCUT2D eigenvalue weighted by molar-refractivity contribution is 6.31. The maximum atomic E-state index is 12.1. The van der Waals surface area contributed by atoms with Crippen molar-refractivity contribution in [3.63, 3.8) is 0 Å². The molecule has 0 aliphatic rings. The smallest absolute Gasteiger partial charge is 0.240 e. The topological polar surface area (TPSA) is 89.4 Å². The molecule has 104 valence electrons. The second-order valence-corrected chi connectivity index (χ2v) is 4.83. The van der Waals surface area contributed by atoms with E-state index in [1.54, 1.807) is 13.1 Å². The lowest BCUT2D eigenvalue weighted by Gasteiger charge is -2.28. The molecular weight excluding hydrogens is 266 g/mol. The van der Waals surface area contributed by atoms with E-state index in [2.05, 4.69) is 0 Å². The van der Waals surface area contributed by atoms with E-state index in [0.717, 1.165) is 5.56 Å². The third-order valence-electron chi connectivity index (χ3n) is 3.02. The van der Waals surface area contributed by atoms with Crippen LogP contribution in [-0.2, 0) is 9.59 Å². The number of rotatable bonds is 5. The highest BCUT2D eigenvalue weighted by Crippen LogP contribution is 2.26. The fraction of sp³-hybridized carbons (Fsp3) is 0.385. The van der Waals surface area contributed by atoms with Gasteiger partial charge in [0.25, 0.3) is 0 Å². The second kappa shape index (κ2) is 6.54. The van der Waals surface area contributed by atoms with Gasteiger partial charge in [0.1, 0.15) is 0 Å². The molecule has 0 radical (unpaired) electrons. The number of carbonyl (C=O) groups excluding carboxylic acids is 2. The Bertz CT molecular complexity index is 479. The minimum absolute atomic E-state index is 0.168. The molecule has 5 nitrogen and oxygen atoms in total. The average molecular weight is 284 g/mol. The SMILES string of the molecule is CC(c1ccccc1Cl)N(C)C(=O)C(N)CC(N)=O. The monoisotopic (exact) mass is 283 g/mol. The quantitative estimate of drug-likeness (QED) is 0.847. The Labute approximate surface area is 117 Å². The van der Waals surface area contributed by atoms with Crippen LogP contribution in [0.3, 0.4) is 0 Å². The number of amides is 2. The van der Waals surface area contributed by atoms with Gasteiger partial charge in [-0.15, -0.1) is 0 Å². The lowest BCUT2D eigenvalue weighted by atomic mass is 10.1. The molecule has 2 atom stereocenters. The molecule has 1 aromatic carbocycles. The van der Waals surface area contributed by atoms with E-state index in [1.165, 1.54) is 4.90 Å². The number of likely N-dealkylation sites (N-methyl/N-ethyl adjacent to an activating group) is 1. The van der Waals surface area contributed by atoms with Crippen LogP contribution >= 0.6 is 11.6 Å². The van der Waals surface area contributed by atoms with Crippen molar-refractivity contribution >= 4 is 23.4 Å². The van der Waals surface area contributed by atoms with E-state index in [9.17, 15) is 9.59 Å². The number of benzene rings is 1. The number of nitrogens with zero attached hydrogens (tertiary/aromatic N) is 1. The van der Waals surface area contributed by atoms with Crippen LogP contribution in [0.15, 0.2) is 24.3 Å². The lowest BCUT2D eigenvalue weighted by Crippen LogP contribution is -2.44. The zero-order chi connectivity index (χ0) is 14.6. The van der Waals surface area contributed by atoms with Crippen molar-refractivity contribution in [3.8, 4) is 0 Å². The highest BCUT2D eigenvalue weighted by atomic mass is 35.5. The number of primary amides is 1. The van der Waals surface area contributed by atoms with Gasteiger partial charge < -0.3 is 16.4 Å². The Morgan fingerprint density at radius 2 is 1.95 bits per heavy atom. The Balaban J connectivity index is 2.82. The predicted molar refractivity (Wildman–Crippen MR) is 74.4 cm³/mol. The fourth-order valence-corrected chi connectivity index (χ4v) is 2.07. The van der Waals surface area contributed by atoms with Crippen molar-refractivity contribution in [1.82, 2.24) is 4.90 Å². The van der Waals surface area contributed by atoms with E-state index in [0.29, 0.717) is 5.02 Å². The molecule has 0 fully saturated rings. The maximum Gasteiger partial charge on any atom is 0.240 e. The molecule has 6 heteroatoms. The van der Waals surface area contributed by atoms with Crippen LogP contribution in [0.25, 0.3) is 0 Å². The summed E-state index contributed by atoms with van der Waals surface area (Å²) in [6, 6.07) is 6.11. The molecule has 0 aromatic heterocycles. The first-order valence-electron chi connectivity index (χ1n) is 5.89. The summed E-state index contributed by atoms with van der Waals surface area (Å²) in [5.74, 6) is -0.939. The van der Waals surface area contributed by atoms with Crippen molar-refractivity contribution in [3.05, 3.63) is 34.9 Å². The molecular formula is C13H18ClN3O2. The highest BCUT2D eigenvalue weighted by Gasteiger charge is 2.25. The molecule has 0 saturated carbocycles. The molecule has 4 N–H and O–H groups in total. The first-order valence-corrected chi connectivity index (χ1v) is 6.27. The maximum absolute atomic E-state index is 12.1. The summed E-state index contributed by atoms with van der Waals surface area (Å²) in [6.45, 7) is 1.84. The van der Waals surface area contributed by atoms with Gasteiger partial charge in [-0.2, -0.15) is 0 Å². The number of halogens is 1. The minimum Gasteiger partial charge on any atom is -0.370 e. The van der Waals surface area contributed by atoms with E-state index in [4.69, 9.17) is 23.1 Å². The molecule has 0 aliphatic carbocycles. The number of nitrogens with two attached hydrogens (primary N) is 2. The van der Waals surface area contributed by atoms with Crippen LogP contribution in [0.1, 0.15) is 24.9 Å². The van der Waals surface area contributed by atoms with Gasteiger partial charge in [0, 0.05) is 12.1 Å². The van der Waals surface area contributed by atoms with Crippen LogP contribution in [0.5, 0.6) is 0 Å². The van der Waals surface area contributed by atoms with Crippen LogP contribution in [0.4, 0.5) is 0 Å². The Hall–Kier alpha value is -1.59. The largest absolute Gasteiger partial charge is 0.370 e. The second-order valence-electron chi connectivity index (χ2n) is 4.42. The normalized spacial score (nSPS) is 13.7. The Morgan fingerprint density at radius 3 is 2.47 bits per heavy atom. The van der Waals surface area contributed by atoms with Gasteiger partial charge in [-0.05, 0) is 18.6 Å². The molecule has 19 heavy (non-hydrogen) atoms. The summed E-state index contributed by atoms with van der Waals surface area (Å²) < 4.78 is 0. The molecule has 1 rings (SSSR count). The molecule has 1 aromatic rings. The first-order chi connectivity index (χ1) is 8.84. The molecule has 2 amide bonds. The minimum atomic E-state index is -0.924. The van der Waals surface area contributed by atoms with E-state index in [-0.39, 0.29) is 18.4 Å². The lowest BCUT2D eigenvalue weighted by molar-refractivity contribution is -0.135. The zero-order valence-corrected chi connectivity index (χ0v) is 11.7. The van der Waals surface area contributed by atoms with Crippen LogP contribution < -0.4 is 11.5 Å². The van der Waals surface area contributed by atoms with Crippen LogP contribution in [0.2, 0.25) is 5.02 Å². The molecule has 0 bridgehead atoms. The summed E-state index contributed by atoms with van der Waals surface area (Å²) in [7, 11) is 1.62.